The lowest BCUT2D eigenvalue weighted by molar-refractivity contribution is 0.0998. The molecule has 17 heavy (non-hydrogen) atoms. The zero-order valence-electron chi connectivity index (χ0n) is 13.2. The highest BCUT2D eigenvalue weighted by Gasteiger charge is 2.29. The quantitative estimate of drug-likeness (QED) is 0.671. The van der Waals surface area contributed by atoms with Gasteiger partial charge in [0.25, 0.3) is 0 Å². The van der Waals surface area contributed by atoms with Crippen molar-refractivity contribution in [2.45, 2.75) is 48.5 Å². The van der Waals surface area contributed by atoms with Gasteiger partial charge in [-0.2, -0.15) is 12.6 Å². The molecule has 0 heterocycles. The highest BCUT2D eigenvalue weighted by molar-refractivity contribution is 7.80. The predicted molar refractivity (Wildman–Crippen MR) is 82.9 cm³/mol. The Labute approximate surface area is 115 Å². The van der Waals surface area contributed by atoms with Crippen molar-refractivity contribution in [3.05, 3.63) is 0 Å². The third kappa shape index (κ3) is 5.65. The molecule has 1 nitrogen and oxygen atoms in total. The minimum atomic E-state index is 0.337. The monoisotopic (exact) mass is 259 g/mol. The van der Waals surface area contributed by atoms with Crippen LogP contribution < -0.4 is 0 Å². The maximum absolute atomic E-state index is 4.43. The second-order valence-corrected chi connectivity index (χ2v) is 7.75. The van der Waals surface area contributed by atoms with E-state index in [0.29, 0.717) is 16.7 Å². The van der Waals surface area contributed by atoms with E-state index in [-0.39, 0.29) is 0 Å². The van der Waals surface area contributed by atoms with E-state index < -0.39 is 0 Å². The average Bonchev–Trinajstić information content (AvgIpc) is 2.14. The molecule has 0 bridgehead atoms. The normalized spacial score (nSPS) is 15.7. The first-order valence-corrected chi connectivity index (χ1v) is 7.45. The minimum absolute atomic E-state index is 0.337. The smallest absolute Gasteiger partial charge is 0.00327 e. The van der Waals surface area contributed by atoms with Gasteiger partial charge in [0, 0.05) is 13.1 Å². The molecule has 2 heteroatoms. The van der Waals surface area contributed by atoms with Crippen LogP contribution in [0.3, 0.4) is 0 Å². The van der Waals surface area contributed by atoms with Crippen molar-refractivity contribution >= 4 is 12.6 Å². The molecule has 1 atom stereocenters. The Bertz CT molecular complexity index is 221. The first-order valence-electron chi connectivity index (χ1n) is 6.82. The second-order valence-electron chi connectivity index (χ2n) is 7.39. The Hall–Kier alpha value is 0.310. The molecule has 0 N–H and O–H groups in total. The van der Waals surface area contributed by atoms with Crippen LogP contribution in [0.1, 0.15) is 48.5 Å². The van der Waals surface area contributed by atoms with Gasteiger partial charge in [-0.3, -0.25) is 0 Å². The molecule has 0 aromatic carbocycles. The Morgan fingerprint density at radius 2 is 1.35 bits per heavy atom. The first kappa shape index (κ1) is 17.3. The van der Waals surface area contributed by atoms with Crippen LogP contribution >= 0.6 is 12.6 Å². The molecule has 0 aliphatic rings. The van der Waals surface area contributed by atoms with Gasteiger partial charge in [0.2, 0.25) is 0 Å². The summed E-state index contributed by atoms with van der Waals surface area (Å²) in [4.78, 5) is 2.49. The van der Waals surface area contributed by atoms with E-state index in [4.69, 9.17) is 0 Å². The van der Waals surface area contributed by atoms with Crippen molar-refractivity contribution in [3.8, 4) is 0 Å². The van der Waals surface area contributed by atoms with Gasteiger partial charge in [-0.1, -0.05) is 48.5 Å². The molecule has 0 aromatic rings. The van der Waals surface area contributed by atoms with Crippen molar-refractivity contribution in [3.63, 3.8) is 0 Å². The van der Waals surface area contributed by atoms with E-state index in [1.807, 2.05) is 0 Å². The van der Waals surface area contributed by atoms with Crippen LogP contribution in [0.25, 0.3) is 0 Å². The van der Waals surface area contributed by atoms with Crippen LogP contribution in [-0.4, -0.2) is 30.8 Å². The number of hydrogen-bond donors (Lipinski definition) is 1. The maximum atomic E-state index is 4.43. The van der Waals surface area contributed by atoms with Gasteiger partial charge >= 0.3 is 0 Å². The molecule has 0 saturated carbocycles. The summed E-state index contributed by atoms with van der Waals surface area (Å²) in [6.45, 7) is 18.7. The lowest BCUT2D eigenvalue weighted by atomic mass is 9.78. The van der Waals surface area contributed by atoms with Gasteiger partial charge < -0.3 is 4.90 Å². The highest BCUT2D eigenvalue weighted by Crippen LogP contribution is 2.31. The van der Waals surface area contributed by atoms with E-state index in [0.717, 1.165) is 24.8 Å². The zero-order chi connectivity index (χ0) is 13.9. The first-order chi connectivity index (χ1) is 7.53. The fourth-order valence-corrected chi connectivity index (χ4v) is 2.53. The second kappa shape index (κ2) is 6.47. The number of rotatable bonds is 7. The minimum Gasteiger partial charge on any atom is -0.305 e. The van der Waals surface area contributed by atoms with Crippen LogP contribution in [0.5, 0.6) is 0 Å². The summed E-state index contributed by atoms with van der Waals surface area (Å²) in [5, 5.41) is 0. The van der Waals surface area contributed by atoms with Crippen LogP contribution in [-0.2, 0) is 0 Å². The standard InChI is InChI=1S/C15H33NS/c1-12(2)14(4,5)10-16(8)11-15(6,7)13(3)9-17/h12-13,17H,9-11H2,1-8H3. The Balaban J connectivity index is 4.41. The molecular formula is C15H33NS. The maximum Gasteiger partial charge on any atom is 0.00327 e. The van der Waals surface area contributed by atoms with Crippen LogP contribution in [0.15, 0.2) is 0 Å². The SMILES string of the molecule is CC(C)C(C)(C)CN(C)CC(C)(C)C(C)CS. The Morgan fingerprint density at radius 1 is 0.941 bits per heavy atom. The van der Waals surface area contributed by atoms with Gasteiger partial charge in [0.15, 0.2) is 0 Å². The van der Waals surface area contributed by atoms with E-state index in [1.54, 1.807) is 0 Å². The van der Waals surface area contributed by atoms with Crippen molar-refractivity contribution in [1.82, 2.24) is 4.90 Å². The lowest BCUT2D eigenvalue weighted by Crippen LogP contribution is -2.42. The molecule has 0 spiro atoms. The van der Waals surface area contributed by atoms with Crippen molar-refractivity contribution in [1.29, 1.82) is 0 Å². The number of nitrogens with zero attached hydrogens (tertiary/aromatic N) is 1. The van der Waals surface area contributed by atoms with Gasteiger partial charge in [0.1, 0.15) is 0 Å². The molecule has 0 aliphatic carbocycles. The fraction of sp³-hybridized carbons (Fsp3) is 1.00. The summed E-state index contributed by atoms with van der Waals surface area (Å²) >= 11 is 4.43. The molecule has 0 fully saturated rings. The third-order valence-electron chi connectivity index (χ3n) is 4.53. The molecule has 104 valence electrons. The summed E-state index contributed by atoms with van der Waals surface area (Å²) in [7, 11) is 2.25. The van der Waals surface area contributed by atoms with Gasteiger partial charge in [-0.05, 0) is 35.5 Å². The highest BCUT2D eigenvalue weighted by atomic mass is 32.1. The largest absolute Gasteiger partial charge is 0.305 e. The molecule has 1 unspecified atom stereocenters. The van der Waals surface area contributed by atoms with Crippen LogP contribution in [0.4, 0.5) is 0 Å². The predicted octanol–water partition coefficient (Wildman–Crippen LogP) is 4.19. The zero-order valence-corrected chi connectivity index (χ0v) is 14.1. The van der Waals surface area contributed by atoms with E-state index in [2.05, 4.69) is 73.0 Å². The van der Waals surface area contributed by atoms with E-state index in [9.17, 15) is 0 Å². The summed E-state index contributed by atoms with van der Waals surface area (Å²) in [5.41, 5.74) is 0.721. The van der Waals surface area contributed by atoms with Gasteiger partial charge in [-0.15, -0.1) is 0 Å². The molecule has 0 rings (SSSR count). The van der Waals surface area contributed by atoms with Crippen molar-refractivity contribution in [2.24, 2.45) is 22.7 Å². The number of hydrogen-bond acceptors (Lipinski definition) is 2. The topological polar surface area (TPSA) is 3.24 Å². The summed E-state index contributed by atoms with van der Waals surface area (Å²) in [6.07, 6.45) is 0. The van der Waals surface area contributed by atoms with Gasteiger partial charge in [0.05, 0.1) is 0 Å². The summed E-state index contributed by atoms with van der Waals surface area (Å²) in [5.74, 6) is 2.33. The fourth-order valence-electron chi connectivity index (χ4n) is 2.03. The number of thiol groups is 1. The van der Waals surface area contributed by atoms with E-state index >= 15 is 0 Å². The molecule has 0 aromatic heterocycles. The average molecular weight is 260 g/mol. The van der Waals surface area contributed by atoms with Crippen LogP contribution in [0.2, 0.25) is 0 Å². The summed E-state index contributed by atoms with van der Waals surface area (Å²) < 4.78 is 0. The molecular weight excluding hydrogens is 226 g/mol. The third-order valence-corrected chi connectivity index (χ3v) is 5.07. The Morgan fingerprint density at radius 3 is 1.71 bits per heavy atom. The molecule has 0 aliphatic heterocycles. The van der Waals surface area contributed by atoms with Crippen molar-refractivity contribution < 1.29 is 0 Å². The van der Waals surface area contributed by atoms with Crippen LogP contribution in [0, 0.1) is 22.7 Å². The molecule has 0 radical (unpaired) electrons. The summed E-state index contributed by atoms with van der Waals surface area (Å²) in [6, 6.07) is 0. The van der Waals surface area contributed by atoms with Gasteiger partial charge in [-0.25, -0.2) is 0 Å². The Kier molecular flexibility index (Phi) is 6.59. The van der Waals surface area contributed by atoms with E-state index in [1.165, 1.54) is 0 Å². The van der Waals surface area contributed by atoms with Crippen molar-refractivity contribution in [2.75, 3.05) is 25.9 Å². The molecule has 0 amide bonds. The molecule has 0 saturated heterocycles. The lowest BCUT2D eigenvalue weighted by Gasteiger charge is -2.39.